The van der Waals surface area contributed by atoms with Crippen LogP contribution in [0.1, 0.15) is 40.0 Å². The van der Waals surface area contributed by atoms with E-state index >= 15 is 0 Å². The van der Waals surface area contributed by atoms with E-state index in [1.165, 1.54) is 12.8 Å². The molecule has 0 saturated heterocycles. The maximum absolute atomic E-state index is 12.0. The molecule has 0 aromatic rings. The molecule has 1 amide bonds. The molecule has 0 aromatic carbocycles. The summed E-state index contributed by atoms with van der Waals surface area (Å²) < 4.78 is 0. The Kier molecular flexibility index (Phi) is 1.96. The molecule has 0 aliphatic heterocycles. The second kappa shape index (κ2) is 2.74. The minimum absolute atomic E-state index is 0.0284. The molecule has 2 fully saturated rings. The van der Waals surface area contributed by atoms with E-state index in [2.05, 4.69) is 26.1 Å². The lowest BCUT2D eigenvalue weighted by molar-refractivity contribution is -0.128. The molecule has 2 nitrogen and oxygen atoms in total. The summed E-state index contributed by atoms with van der Waals surface area (Å²) in [6.45, 7) is 6.78. The van der Waals surface area contributed by atoms with Crippen molar-refractivity contribution in [3.63, 3.8) is 0 Å². The van der Waals surface area contributed by atoms with Gasteiger partial charge in [-0.15, -0.1) is 0 Å². The molecule has 0 spiro atoms. The third kappa shape index (κ3) is 0.945. The van der Waals surface area contributed by atoms with E-state index in [1.54, 1.807) is 7.05 Å². The fourth-order valence-corrected chi connectivity index (χ4v) is 3.85. The number of amides is 1. The van der Waals surface area contributed by atoms with Crippen LogP contribution in [0, 0.1) is 22.7 Å². The van der Waals surface area contributed by atoms with Gasteiger partial charge in [0.1, 0.15) is 0 Å². The van der Waals surface area contributed by atoms with Gasteiger partial charge in [0.05, 0.1) is 5.41 Å². The van der Waals surface area contributed by atoms with E-state index in [9.17, 15) is 4.79 Å². The highest BCUT2D eigenvalue weighted by atomic mass is 16.2. The van der Waals surface area contributed by atoms with Crippen molar-refractivity contribution < 1.29 is 4.79 Å². The van der Waals surface area contributed by atoms with Crippen molar-refractivity contribution in [2.75, 3.05) is 7.05 Å². The summed E-state index contributed by atoms with van der Waals surface area (Å²) in [4.78, 5) is 12.0. The zero-order valence-electron chi connectivity index (χ0n) is 9.68. The zero-order valence-corrected chi connectivity index (χ0v) is 9.68. The van der Waals surface area contributed by atoms with Crippen LogP contribution in [-0.2, 0) is 4.79 Å². The number of carbonyl (C=O) groups excluding carboxylic acids is 1. The van der Waals surface area contributed by atoms with Gasteiger partial charge in [0.2, 0.25) is 5.91 Å². The van der Waals surface area contributed by atoms with E-state index < -0.39 is 0 Å². The Hall–Kier alpha value is -0.530. The molecule has 2 aliphatic carbocycles. The standard InChI is InChI=1S/C12H21NO/c1-8-5-6-9-11(2,3)12(9,7-8)10(14)13-4/h8-9H,5-7H2,1-4H3,(H,13,14). The topological polar surface area (TPSA) is 29.1 Å². The predicted octanol–water partition coefficient (Wildman–Crippen LogP) is 2.19. The first-order valence-electron chi connectivity index (χ1n) is 5.69. The molecule has 3 atom stereocenters. The Bertz CT molecular complexity index is 271. The normalized spacial score (nSPS) is 44.0. The number of hydrogen-bond acceptors (Lipinski definition) is 1. The van der Waals surface area contributed by atoms with Crippen LogP contribution in [0.2, 0.25) is 0 Å². The van der Waals surface area contributed by atoms with Crippen LogP contribution in [0.4, 0.5) is 0 Å². The van der Waals surface area contributed by atoms with Crippen LogP contribution in [0.5, 0.6) is 0 Å². The number of nitrogens with one attached hydrogen (secondary N) is 1. The Morgan fingerprint density at radius 2 is 2.00 bits per heavy atom. The molecule has 0 aromatic heterocycles. The average molecular weight is 195 g/mol. The summed E-state index contributed by atoms with van der Waals surface area (Å²) in [5, 5.41) is 2.85. The number of fused-ring (bicyclic) bond motifs is 1. The zero-order chi connectivity index (χ0) is 10.6. The lowest BCUT2D eigenvalue weighted by Crippen LogP contribution is -2.35. The number of rotatable bonds is 1. The van der Waals surface area contributed by atoms with Crippen molar-refractivity contribution in [2.24, 2.45) is 22.7 Å². The SMILES string of the molecule is CNC(=O)C12CC(C)CCC1C2(C)C. The van der Waals surface area contributed by atoms with Crippen molar-refractivity contribution in [3.05, 3.63) is 0 Å². The maximum atomic E-state index is 12.0. The smallest absolute Gasteiger partial charge is 0.226 e. The first kappa shape index (κ1) is 10.0. The van der Waals surface area contributed by atoms with E-state index in [0.717, 1.165) is 6.42 Å². The van der Waals surface area contributed by atoms with Crippen molar-refractivity contribution in [1.29, 1.82) is 0 Å². The van der Waals surface area contributed by atoms with Crippen LogP contribution in [-0.4, -0.2) is 13.0 Å². The summed E-state index contributed by atoms with van der Waals surface area (Å²) in [5.41, 5.74) is 0.206. The summed E-state index contributed by atoms with van der Waals surface area (Å²) >= 11 is 0. The van der Waals surface area contributed by atoms with Crippen LogP contribution >= 0.6 is 0 Å². The molecule has 1 N–H and O–H groups in total. The Balaban J connectivity index is 2.28. The summed E-state index contributed by atoms with van der Waals surface area (Å²) in [6, 6.07) is 0. The molecule has 0 heterocycles. The van der Waals surface area contributed by atoms with E-state index in [0.29, 0.717) is 11.8 Å². The van der Waals surface area contributed by atoms with Crippen molar-refractivity contribution in [1.82, 2.24) is 5.32 Å². The second-order valence-electron chi connectivity index (χ2n) is 5.71. The van der Waals surface area contributed by atoms with Gasteiger partial charge in [0.15, 0.2) is 0 Å². The van der Waals surface area contributed by atoms with E-state index in [-0.39, 0.29) is 16.7 Å². The van der Waals surface area contributed by atoms with Gasteiger partial charge >= 0.3 is 0 Å². The first-order chi connectivity index (χ1) is 6.46. The highest BCUT2D eigenvalue weighted by Crippen LogP contribution is 2.75. The fourth-order valence-electron chi connectivity index (χ4n) is 3.85. The van der Waals surface area contributed by atoms with E-state index in [4.69, 9.17) is 0 Å². The van der Waals surface area contributed by atoms with Crippen molar-refractivity contribution in [2.45, 2.75) is 40.0 Å². The maximum Gasteiger partial charge on any atom is 0.226 e. The Morgan fingerprint density at radius 3 is 2.57 bits per heavy atom. The lowest BCUT2D eigenvalue weighted by Gasteiger charge is -2.26. The Labute approximate surface area is 86.5 Å². The van der Waals surface area contributed by atoms with E-state index in [1.807, 2.05) is 0 Å². The highest BCUT2D eigenvalue weighted by molar-refractivity contribution is 5.87. The third-order valence-corrected chi connectivity index (χ3v) is 4.78. The van der Waals surface area contributed by atoms with Crippen molar-refractivity contribution in [3.8, 4) is 0 Å². The minimum Gasteiger partial charge on any atom is -0.359 e. The molecular weight excluding hydrogens is 174 g/mol. The molecule has 14 heavy (non-hydrogen) atoms. The average Bonchev–Trinajstić information content (AvgIpc) is 2.63. The molecule has 0 bridgehead atoms. The monoisotopic (exact) mass is 195 g/mol. The second-order valence-corrected chi connectivity index (χ2v) is 5.71. The first-order valence-corrected chi connectivity index (χ1v) is 5.69. The highest BCUT2D eigenvalue weighted by Gasteiger charge is 2.75. The molecular formula is C12H21NO. The van der Waals surface area contributed by atoms with Crippen molar-refractivity contribution >= 4 is 5.91 Å². The Morgan fingerprint density at radius 1 is 1.36 bits per heavy atom. The number of carbonyl (C=O) groups is 1. The molecule has 2 saturated carbocycles. The van der Waals surface area contributed by atoms with Crippen LogP contribution in [0.25, 0.3) is 0 Å². The number of hydrogen-bond donors (Lipinski definition) is 1. The molecule has 80 valence electrons. The third-order valence-electron chi connectivity index (χ3n) is 4.78. The van der Waals surface area contributed by atoms with Crippen LogP contribution in [0.15, 0.2) is 0 Å². The van der Waals surface area contributed by atoms with Gasteiger partial charge in [-0.25, -0.2) is 0 Å². The predicted molar refractivity (Wildman–Crippen MR) is 56.8 cm³/mol. The summed E-state index contributed by atoms with van der Waals surface area (Å²) in [5.74, 6) is 1.62. The molecule has 2 heteroatoms. The molecule has 0 radical (unpaired) electrons. The van der Waals surface area contributed by atoms with Gasteiger partial charge in [0.25, 0.3) is 0 Å². The van der Waals surface area contributed by atoms with Crippen LogP contribution < -0.4 is 5.32 Å². The summed E-state index contributed by atoms with van der Waals surface area (Å²) in [6.07, 6.45) is 3.62. The quantitative estimate of drug-likeness (QED) is 0.683. The van der Waals surface area contributed by atoms with Crippen LogP contribution in [0.3, 0.4) is 0 Å². The molecule has 2 rings (SSSR count). The fraction of sp³-hybridized carbons (Fsp3) is 0.917. The molecule has 2 aliphatic rings. The lowest BCUT2D eigenvalue weighted by atomic mass is 9.80. The van der Waals surface area contributed by atoms with Gasteiger partial charge in [-0.1, -0.05) is 27.2 Å². The largest absolute Gasteiger partial charge is 0.359 e. The van der Waals surface area contributed by atoms with Gasteiger partial charge in [0, 0.05) is 7.05 Å². The molecule has 3 unspecified atom stereocenters. The van der Waals surface area contributed by atoms with Gasteiger partial charge in [-0.3, -0.25) is 4.79 Å². The van der Waals surface area contributed by atoms with Gasteiger partial charge in [-0.2, -0.15) is 0 Å². The van der Waals surface area contributed by atoms with Gasteiger partial charge in [-0.05, 0) is 30.1 Å². The minimum atomic E-state index is -0.0284. The van der Waals surface area contributed by atoms with Gasteiger partial charge < -0.3 is 5.32 Å². The summed E-state index contributed by atoms with van der Waals surface area (Å²) in [7, 11) is 1.77.